The van der Waals surface area contributed by atoms with E-state index in [9.17, 15) is 0 Å². The highest BCUT2D eigenvalue weighted by atomic mass is 15.0. The minimum absolute atomic E-state index is 1.00. The maximum Gasteiger partial charge on any atom is 0.146 e. The number of rotatable bonds is 2. The van der Waals surface area contributed by atoms with E-state index in [-0.39, 0.29) is 0 Å². The zero-order valence-electron chi connectivity index (χ0n) is 17.9. The fraction of sp³-hybridized carbons (Fsp3) is 0. The number of para-hydroxylation sites is 2. The second-order valence-corrected chi connectivity index (χ2v) is 8.48. The zero-order chi connectivity index (χ0) is 21.8. The Balaban J connectivity index is 1.64. The normalized spacial score (nSPS) is 11.6. The van der Waals surface area contributed by atoms with Gasteiger partial charge >= 0.3 is 0 Å². The third-order valence-corrected chi connectivity index (χ3v) is 6.56. The van der Waals surface area contributed by atoms with Gasteiger partial charge in [0.25, 0.3) is 0 Å². The van der Waals surface area contributed by atoms with Crippen LogP contribution in [-0.2, 0) is 0 Å². The van der Waals surface area contributed by atoms with Gasteiger partial charge in [-0.25, -0.2) is 4.98 Å². The second kappa shape index (κ2) is 7.04. The van der Waals surface area contributed by atoms with Crippen LogP contribution in [0.3, 0.4) is 0 Å². The van der Waals surface area contributed by atoms with Crippen molar-refractivity contribution in [2.24, 2.45) is 0 Å². The Kier molecular flexibility index (Phi) is 3.88. The number of pyridine rings is 1. The van der Waals surface area contributed by atoms with Crippen LogP contribution < -0.4 is 0 Å². The Labute approximate surface area is 191 Å². The number of hydrogen-bond donors (Lipinski definition) is 0. The molecule has 33 heavy (non-hydrogen) atoms. The summed E-state index contributed by atoms with van der Waals surface area (Å²) in [6, 6.07) is 43.1. The maximum absolute atomic E-state index is 5.07. The molecule has 0 amide bonds. The van der Waals surface area contributed by atoms with Crippen molar-refractivity contribution in [3.63, 3.8) is 0 Å². The molecule has 154 valence electrons. The lowest BCUT2D eigenvalue weighted by atomic mass is 9.97. The summed E-state index contributed by atoms with van der Waals surface area (Å²) < 4.78 is 2.32. The highest BCUT2D eigenvalue weighted by molar-refractivity contribution is 6.15. The molecule has 7 rings (SSSR count). The lowest BCUT2D eigenvalue weighted by Gasteiger charge is -2.12. The van der Waals surface area contributed by atoms with Gasteiger partial charge in [-0.2, -0.15) is 0 Å². The topological polar surface area (TPSA) is 17.3 Å². The van der Waals surface area contributed by atoms with Crippen molar-refractivity contribution in [1.29, 1.82) is 0 Å². The molecule has 0 aliphatic heterocycles. The molecule has 2 heteroatoms. The summed E-state index contributed by atoms with van der Waals surface area (Å²) in [4.78, 5) is 5.07. The number of hydrogen-bond acceptors (Lipinski definition) is 1. The number of aromatic nitrogens is 2. The van der Waals surface area contributed by atoms with E-state index in [4.69, 9.17) is 4.98 Å². The van der Waals surface area contributed by atoms with Crippen LogP contribution in [0.25, 0.3) is 60.6 Å². The minimum Gasteiger partial charge on any atom is -0.292 e. The van der Waals surface area contributed by atoms with Gasteiger partial charge in [-0.05, 0) is 58.0 Å². The van der Waals surface area contributed by atoms with Gasteiger partial charge in [0.05, 0.1) is 16.6 Å². The van der Waals surface area contributed by atoms with Crippen LogP contribution in [0.4, 0.5) is 0 Å². The summed E-state index contributed by atoms with van der Waals surface area (Å²) >= 11 is 0. The molecule has 0 saturated carbocycles. The second-order valence-electron chi connectivity index (χ2n) is 8.48. The molecule has 0 atom stereocenters. The molecular weight excluding hydrogens is 400 g/mol. The van der Waals surface area contributed by atoms with Crippen LogP contribution in [0.15, 0.2) is 121 Å². The summed E-state index contributed by atoms with van der Waals surface area (Å²) in [7, 11) is 0. The van der Waals surface area contributed by atoms with Crippen LogP contribution in [0.2, 0.25) is 0 Å². The van der Waals surface area contributed by atoms with E-state index in [1.54, 1.807) is 0 Å². The summed E-state index contributed by atoms with van der Waals surface area (Å²) in [5.41, 5.74) is 9.20. The van der Waals surface area contributed by atoms with E-state index in [0.717, 1.165) is 16.7 Å². The lowest BCUT2D eigenvalue weighted by molar-refractivity contribution is 1.31. The Morgan fingerprint density at radius 1 is 0.424 bits per heavy atom. The van der Waals surface area contributed by atoms with Crippen molar-refractivity contribution in [2.75, 3.05) is 0 Å². The van der Waals surface area contributed by atoms with Gasteiger partial charge in [0.1, 0.15) is 5.65 Å². The molecule has 0 aliphatic rings. The molecule has 7 aromatic rings. The predicted octanol–water partition coefficient (Wildman–Crippen LogP) is 8.13. The molecule has 0 N–H and O–H groups in total. The Hall–Kier alpha value is -4.43. The average Bonchev–Trinajstić information content (AvgIpc) is 3.29. The van der Waals surface area contributed by atoms with Gasteiger partial charge < -0.3 is 0 Å². The SMILES string of the molecule is c1ccc(-c2ccc3c(c2)c2ccc(-c4ccccc4)cc2c2nc4ccccc4n32)cc1. The Morgan fingerprint density at radius 3 is 1.76 bits per heavy atom. The van der Waals surface area contributed by atoms with Gasteiger partial charge in [0.15, 0.2) is 0 Å². The summed E-state index contributed by atoms with van der Waals surface area (Å²) in [6.45, 7) is 0. The molecular formula is C31H20N2. The molecule has 0 spiro atoms. The van der Waals surface area contributed by atoms with E-state index in [1.165, 1.54) is 43.9 Å². The van der Waals surface area contributed by atoms with Crippen molar-refractivity contribution in [1.82, 2.24) is 9.38 Å². The first-order valence-electron chi connectivity index (χ1n) is 11.2. The summed E-state index contributed by atoms with van der Waals surface area (Å²) in [5, 5.41) is 3.64. The third-order valence-electron chi connectivity index (χ3n) is 6.56. The molecule has 0 fully saturated rings. The number of fused-ring (bicyclic) bond motifs is 8. The van der Waals surface area contributed by atoms with Crippen LogP contribution in [-0.4, -0.2) is 9.38 Å². The molecule has 2 heterocycles. The molecule has 0 unspecified atom stereocenters. The van der Waals surface area contributed by atoms with Crippen molar-refractivity contribution >= 4 is 38.4 Å². The molecule has 0 radical (unpaired) electrons. The number of benzene rings is 5. The number of nitrogens with zero attached hydrogens (tertiary/aromatic N) is 2. The highest BCUT2D eigenvalue weighted by Gasteiger charge is 2.15. The van der Waals surface area contributed by atoms with Gasteiger partial charge in [-0.15, -0.1) is 0 Å². The van der Waals surface area contributed by atoms with Gasteiger partial charge in [0.2, 0.25) is 0 Å². The highest BCUT2D eigenvalue weighted by Crippen LogP contribution is 2.36. The van der Waals surface area contributed by atoms with E-state index in [0.29, 0.717) is 0 Å². The van der Waals surface area contributed by atoms with Crippen molar-refractivity contribution in [3.05, 3.63) is 121 Å². The Bertz CT molecular complexity index is 1800. The molecule has 2 aromatic heterocycles. The first-order valence-corrected chi connectivity index (χ1v) is 11.2. The van der Waals surface area contributed by atoms with E-state index >= 15 is 0 Å². The Morgan fingerprint density at radius 2 is 1.03 bits per heavy atom. The first-order chi connectivity index (χ1) is 16.4. The minimum atomic E-state index is 1.00. The van der Waals surface area contributed by atoms with Crippen molar-refractivity contribution < 1.29 is 0 Å². The molecule has 5 aromatic carbocycles. The standard InChI is InChI=1S/C31H20N2/c1-3-9-21(10-4-1)23-15-17-25-26-19-24(22-11-5-2-6-12-22)16-18-29(26)33-30-14-8-7-13-28(30)32-31(33)27(25)20-23/h1-20H. The van der Waals surface area contributed by atoms with Gasteiger partial charge in [-0.3, -0.25) is 4.40 Å². The van der Waals surface area contributed by atoms with Crippen LogP contribution in [0.1, 0.15) is 0 Å². The van der Waals surface area contributed by atoms with Crippen molar-refractivity contribution in [2.45, 2.75) is 0 Å². The fourth-order valence-corrected chi connectivity index (χ4v) is 4.98. The van der Waals surface area contributed by atoms with E-state index < -0.39 is 0 Å². The van der Waals surface area contributed by atoms with Crippen LogP contribution in [0, 0.1) is 0 Å². The predicted molar refractivity (Wildman–Crippen MR) is 139 cm³/mol. The monoisotopic (exact) mass is 420 g/mol. The van der Waals surface area contributed by atoms with Crippen LogP contribution in [0.5, 0.6) is 0 Å². The smallest absolute Gasteiger partial charge is 0.146 e. The lowest BCUT2D eigenvalue weighted by Crippen LogP contribution is -1.93. The average molecular weight is 421 g/mol. The quantitative estimate of drug-likeness (QED) is 0.258. The summed E-state index contributed by atoms with van der Waals surface area (Å²) in [6.07, 6.45) is 0. The zero-order valence-corrected chi connectivity index (χ0v) is 17.9. The van der Waals surface area contributed by atoms with E-state index in [1.807, 2.05) is 0 Å². The molecule has 0 bridgehead atoms. The first kappa shape index (κ1) is 18.2. The molecule has 0 aliphatic carbocycles. The largest absolute Gasteiger partial charge is 0.292 e. The molecule has 0 saturated heterocycles. The van der Waals surface area contributed by atoms with Crippen molar-refractivity contribution in [3.8, 4) is 22.3 Å². The number of imidazole rings is 1. The van der Waals surface area contributed by atoms with Gasteiger partial charge in [0, 0.05) is 10.8 Å². The third kappa shape index (κ3) is 2.78. The summed E-state index contributed by atoms with van der Waals surface area (Å²) in [5.74, 6) is 0. The van der Waals surface area contributed by atoms with Crippen LogP contribution >= 0.6 is 0 Å². The fourth-order valence-electron chi connectivity index (χ4n) is 4.98. The maximum atomic E-state index is 5.07. The molecule has 2 nitrogen and oxygen atoms in total. The van der Waals surface area contributed by atoms with Gasteiger partial charge in [-0.1, -0.05) is 91.0 Å². The van der Waals surface area contributed by atoms with E-state index in [2.05, 4.69) is 126 Å².